The number of pyridine rings is 1. The Morgan fingerprint density at radius 3 is 2.71 bits per heavy atom. The zero-order valence-electron chi connectivity index (χ0n) is 12.0. The minimum atomic E-state index is -0.560. The maximum absolute atomic E-state index is 11.8. The number of carbonyl (C=O) groups is 1. The summed E-state index contributed by atoms with van der Waals surface area (Å²) in [5.41, 5.74) is 1.27. The summed E-state index contributed by atoms with van der Waals surface area (Å²) >= 11 is 9.67. The zero-order valence-corrected chi connectivity index (χ0v) is 14.4. The van der Waals surface area contributed by atoms with Gasteiger partial charge in [0.2, 0.25) is 0 Å². The Kier molecular flexibility index (Phi) is 4.74. The second-order valence-corrected chi connectivity index (χ2v) is 6.57. The predicted octanol–water partition coefficient (Wildman–Crippen LogP) is 5.13. The van der Waals surface area contributed by atoms with Crippen LogP contribution in [0.4, 0.5) is 10.6 Å². The summed E-state index contributed by atoms with van der Waals surface area (Å²) in [5, 5.41) is 4.73. The molecule has 0 aliphatic heterocycles. The van der Waals surface area contributed by atoms with Crippen molar-refractivity contribution in [1.82, 2.24) is 4.98 Å². The number of halogens is 2. The Bertz CT molecular complexity index is 683. The highest BCUT2D eigenvalue weighted by atomic mass is 79.9. The number of nitrogens with zero attached hydrogens (tertiary/aromatic N) is 1. The van der Waals surface area contributed by atoms with Gasteiger partial charge >= 0.3 is 6.09 Å². The Hall–Kier alpha value is -1.33. The fourth-order valence-electron chi connectivity index (χ4n) is 1.79. The zero-order chi connectivity index (χ0) is 15.6. The number of nitrogens with one attached hydrogen (secondary N) is 1. The lowest BCUT2D eigenvalue weighted by molar-refractivity contribution is 0.0635. The highest BCUT2D eigenvalue weighted by Gasteiger charge is 2.17. The van der Waals surface area contributed by atoms with Crippen LogP contribution in [0, 0.1) is 0 Å². The molecule has 0 bridgehead atoms. The summed E-state index contributed by atoms with van der Waals surface area (Å²) in [7, 11) is 0. The molecule has 0 radical (unpaired) electrons. The first-order valence-electron chi connectivity index (χ1n) is 6.43. The minimum Gasteiger partial charge on any atom is -0.444 e. The van der Waals surface area contributed by atoms with Crippen molar-refractivity contribution >= 4 is 50.3 Å². The van der Waals surface area contributed by atoms with Gasteiger partial charge in [-0.15, -0.1) is 0 Å². The molecule has 0 aliphatic rings. The van der Waals surface area contributed by atoms with E-state index in [1.54, 1.807) is 26.8 Å². The summed E-state index contributed by atoms with van der Waals surface area (Å²) < 4.78 is 5.19. The Morgan fingerprint density at radius 1 is 1.38 bits per heavy atom. The number of amides is 1. The number of hydrogen-bond acceptors (Lipinski definition) is 3. The van der Waals surface area contributed by atoms with Gasteiger partial charge in [-0.05, 0) is 38.5 Å². The molecule has 0 atom stereocenters. The van der Waals surface area contributed by atoms with Crippen LogP contribution in [-0.2, 0) is 10.1 Å². The molecule has 1 heterocycles. The molecule has 6 heteroatoms. The molecule has 0 aliphatic carbocycles. The molecule has 1 aromatic heterocycles. The van der Waals surface area contributed by atoms with Crippen LogP contribution in [0.15, 0.2) is 24.3 Å². The summed E-state index contributed by atoms with van der Waals surface area (Å²) in [4.78, 5) is 16.1. The summed E-state index contributed by atoms with van der Waals surface area (Å²) in [5.74, 6) is 0.369. The molecule has 21 heavy (non-hydrogen) atoms. The molecular formula is C15H16BrClN2O2. The summed E-state index contributed by atoms with van der Waals surface area (Å²) in [6.07, 6.45) is -0.553. The summed E-state index contributed by atoms with van der Waals surface area (Å²) in [6, 6.07) is 7.41. The third kappa shape index (κ3) is 4.32. The standard InChI is InChI=1S/C15H16BrClN2O2/c1-15(2,3)21-14(20)19-13-7-11(17)10-6-9(8-16)4-5-12(10)18-13/h4-7H,8H2,1-3H3,(H,18,19,20). The molecule has 2 aromatic rings. The third-order valence-electron chi connectivity index (χ3n) is 2.61. The first kappa shape index (κ1) is 16.0. The molecule has 0 spiro atoms. The van der Waals surface area contributed by atoms with Gasteiger partial charge < -0.3 is 4.74 Å². The fourth-order valence-corrected chi connectivity index (χ4v) is 2.39. The van der Waals surface area contributed by atoms with Crippen LogP contribution < -0.4 is 5.32 Å². The molecule has 112 valence electrons. The van der Waals surface area contributed by atoms with Crippen molar-refractivity contribution in [1.29, 1.82) is 0 Å². The molecule has 0 saturated carbocycles. The van der Waals surface area contributed by atoms with Crippen molar-refractivity contribution in [3.63, 3.8) is 0 Å². The molecule has 0 unspecified atom stereocenters. The number of carbonyl (C=O) groups excluding carboxylic acids is 1. The van der Waals surface area contributed by atoms with Crippen LogP contribution in [0.3, 0.4) is 0 Å². The van der Waals surface area contributed by atoms with Crippen LogP contribution in [-0.4, -0.2) is 16.7 Å². The molecule has 4 nitrogen and oxygen atoms in total. The molecular weight excluding hydrogens is 356 g/mol. The Morgan fingerprint density at radius 2 is 2.10 bits per heavy atom. The number of alkyl halides is 1. The Labute approximate surface area is 137 Å². The van der Waals surface area contributed by atoms with Gasteiger partial charge in [-0.3, -0.25) is 5.32 Å². The van der Waals surface area contributed by atoms with Gasteiger partial charge in [0.1, 0.15) is 11.4 Å². The molecule has 0 saturated heterocycles. The topological polar surface area (TPSA) is 51.2 Å². The lowest BCUT2D eigenvalue weighted by Gasteiger charge is -2.19. The van der Waals surface area contributed by atoms with Crippen LogP contribution in [0.2, 0.25) is 5.02 Å². The largest absolute Gasteiger partial charge is 0.444 e. The third-order valence-corrected chi connectivity index (χ3v) is 3.57. The second-order valence-electron chi connectivity index (χ2n) is 5.60. The average Bonchev–Trinajstić information content (AvgIpc) is 2.36. The highest BCUT2D eigenvalue weighted by Crippen LogP contribution is 2.27. The quantitative estimate of drug-likeness (QED) is 0.744. The predicted molar refractivity (Wildman–Crippen MR) is 89.2 cm³/mol. The molecule has 1 aromatic carbocycles. The van der Waals surface area contributed by atoms with Crippen LogP contribution >= 0.6 is 27.5 Å². The Balaban J connectivity index is 2.28. The van der Waals surface area contributed by atoms with Gasteiger partial charge in [0.25, 0.3) is 0 Å². The number of fused-ring (bicyclic) bond motifs is 1. The van der Waals surface area contributed by atoms with E-state index in [1.165, 1.54) is 0 Å². The van der Waals surface area contributed by atoms with Gasteiger partial charge in [0.15, 0.2) is 0 Å². The van der Waals surface area contributed by atoms with Crippen molar-refractivity contribution in [3.8, 4) is 0 Å². The van der Waals surface area contributed by atoms with E-state index >= 15 is 0 Å². The average molecular weight is 372 g/mol. The maximum Gasteiger partial charge on any atom is 0.413 e. The van der Waals surface area contributed by atoms with E-state index in [0.29, 0.717) is 10.8 Å². The van der Waals surface area contributed by atoms with Crippen molar-refractivity contribution in [3.05, 3.63) is 34.9 Å². The van der Waals surface area contributed by atoms with E-state index < -0.39 is 11.7 Å². The van der Waals surface area contributed by atoms with E-state index in [2.05, 4.69) is 26.2 Å². The monoisotopic (exact) mass is 370 g/mol. The van der Waals surface area contributed by atoms with Gasteiger partial charge in [0, 0.05) is 16.8 Å². The van der Waals surface area contributed by atoms with Gasteiger partial charge in [-0.25, -0.2) is 9.78 Å². The number of hydrogen-bond donors (Lipinski definition) is 1. The van der Waals surface area contributed by atoms with Crippen molar-refractivity contribution in [2.75, 3.05) is 5.32 Å². The number of aromatic nitrogens is 1. The van der Waals surface area contributed by atoms with Crippen LogP contribution in [0.5, 0.6) is 0 Å². The molecule has 1 amide bonds. The van der Waals surface area contributed by atoms with E-state index in [9.17, 15) is 4.79 Å². The van der Waals surface area contributed by atoms with Crippen molar-refractivity contribution in [2.24, 2.45) is 0 Å². The first-order chi connectivity index (χ1) is 9.78. The lowest BCUT2D eigenvalue weighted by Crippen LogP contribution is -2.27. The smallest absolute Gasteiger partial charge is 0.413 e. The highest BCUT2D eigenvalue weighted by molar-refractivity contribution is 9.08. The molecule has 1 N–H and O–H groups in total. The SMILES string of the molecule is CC(C)(C)OC(=O)Nc1cc(Cl)c2cc(CBr)ccc2n1. The number of anilines is 1. The van der Waals surface area contributed by atoms with E-state index in [4.69, 9.17) is 16.3 Å². The second kappa shape index (κ2) is 6.20. The number of benzene rings is 1. The van der Waals surface area contributed by atoms with Gasteiger partial charge in [-0.2, -0.15) is 0 Å². The number of rotatable bonds is 2. The first-order valence-corrected chi connectivity index (χ1v) is 7.93. The van der Waals surface area contributed by atoms with Gasteiger partial charge in [-0.1, -0.05) is 33.6 Å². The normalized spacial score (nSPS) is 11.5. The van der Waals surface area contributed by atoms with E-state index in [0.717, 1.165) is 21.8 Å². The number of ether oxygens (including phenoxy) is 1. The fraction of sp³-hybridized carbons (Fsp3) is 0.333. The van der Waals surface area contributed by atoms with E-state index in [-0.39, 0.29) is 0 Å². The molecule has 2 rings (SSSR count). The van der Waals surface area contributed by atoms with E-state index in [1.807, 2.05) is 18.2 Å². The maximum atomic E-state index is 11.8. The lowest BCUT2D eigenvalue weighted by atomic mass is 10.1. The summed E-state index contributed by atoms with van der Waals surface area (Å²) in [6.45, 7) is 5.40. The van der Waals surface area contributed by atoms with Crippen LogP contribution in [0.25, 0.3) is 10.9 Å². The van der Waals surface area contributed by atoms with Crippen molar-refractivity contribution < 1.29 is 9.53 Å². The van der Waals surface area contributed by atoms with Gasteiger partial charge in [0.05, 0.1) is 10.5 Å². The molecule has 0 fully saturated rings. The van der Waals surface area contributed by atoms with Crippen LogP contribution in [0.1, 0.15) is 26.3 Å². The minimum absolute atomic E-state index is 0.369. The van der Waals surface area contributed by atoms with Crippen molar-refractivity contribution in [2.45, 2.75) is 31.7 Å².